The molecule has 1 aromatic carbocycles. The predicted octanol–water partition coefficient (Wildman–Crippen LogP) is 2.20. The minimum absolute atomic E-state index is 0.578. The Labute approximate surface area is 105 Å². The van der Waals surface area contributed by atoms with Crippen LogP contribution in [0.3, 0.4) is 0 Å². The highest BCUT2D eigenvalue weighted by molar-refractivity contribution is 5.35. The van der Waals surface area contributed by atoms with Crippen LogP contribution in [0.1, 0.15) is 30.0 Å². The zero-order valence-corrected chi connectivity index (χ0v) is 11.1. The molecule has 1 aliphatic rings. The summed E-state index contributed by atoms with van der Waals surface area (Å²) in [5.41, 5.74) is 10.2. The number of nitrogens with zero attached hydrogens (tertiary/aromatic N) is 1. The van der Waals surface area contributed by atoms with E-state index >= 15 is 0 Å². The van der Waals surface area contributed by atoms with Crippen molar-refractivity contribution in [2.24, 2.45) is 11.7 Å². The van der Waals surface area contributed by atoms with E-state index < -0.39 is 0 Å². The van der Waals surface area contributed by atoms with Gasteiger partial charge in [-0.1, -0.05) is 25.1 Å². The van der Waals surface area contributed by atoms with Crippen LogP contribution in [-0.4, -0.2) is 25.0 Å². The molecule has 0 saturated heterocycles. The second-order valence-electron chi connectivity index (χ2n) is 5.49. The zero-order chi connectivity index (χ0) is 12.3. The molecule has 0 spiro atoms. The van der Waals surface area contributed by atoms with Crippen LogP contribution in [0.2, 0.25) is 0 Å². The van der Waals surface area contributed by atoms with Crippen LogP contribution in [0.4, 0.5) is 0 Å². The number of hydrogen-bond acceptors (Lipinski definition) is 2. The second-order valence-corrected chi connectivity index (χ2v) is 5.49. The number of aryl methyl sites for hydroxylation is 2. The maximum atomic E-state index is 5.66. The van der Waals surface area contributed by atoms with Gasteiger partial charge in [0.2, 0.25) is 0 Å². The first-order valence-electron chi connectivity index (χ1n) is 6.68. The SMILES string of the molecule is CC(CN)CN(C)Cc1ccc2c(c1)CCC2. The molecule has 1 unspecified atom stereocenters. The third-order valence-electron chi connectivity index (χ3n) is 3.64. The Bertz CT molecular complexity index is 373. The first-order valence-corrected chi connectivity index (χ1v) is 6.68. The van der Waals surface area contributed by atoms with Crippen LogP contribution in [0, 0.1) is 5.92 Å². The van der Waals surface area contributed by atoms with Gasteiger partial charge in [-0.15, -0.1) is 0 Å². The number of hydrogen-bond donors (Lipinski definition) is 1. The molecule has 17 heavy (non-hydrogen) atoms. The van der Waals surface area contributed by atoms with E-state index in [1.807, 2.05) is 0 Å². The van der Waals surface area contributed by atoms with Crippen molar-refractivity contribution in [1.29, 1.82) is 0 Å². The van der Waals surface area contributed by atoms with Crippen molar-refractivity contribution in [1.82, 2.24) is 4.90 Å². The molecule has 0 fully saturated rings. The molecule has 2 heteroatoms. The lowest BCUT2D eigenvalue weighted by molar-refractivity contribution is 0.282. The van der Waals surface area contributed by atoms with Gasteiger partial charge < -0.3 is 10.6 Å². The number of fused-ring (bicyclic) bond motifs is 1. The molecule has 0 aromatic heterocycles. The molecule has 0 amide bonds. The zero-order valence-electron chi connectivity index (χ0n) is 11.1. The van der Waals surface area contributed by atoms with E-state index in [1.54, 1.807) is 11.1 Å². The second kappa shape index (κ2) is 5.65. The van der Waals surface area contributed by atoms with E-state index in [2.05, 4.69) is 37.1 Å². The van der Waals surface area contributed by atoms with Crippen LogP contribution in [0.15, 0.2) is 18.2 Å². The fourth-order valence-corrected chi connectivity index (χ4v) is 2.71. The van der Waals surface area contributed by atoms with Gasteiger partial charge in [0, 0.05) is 13.1 Å². The fourth-order valence-electron chi connectivity index (χ4n) is 2.71. The summed E-state index contributed by atoms with van der Waals surface area (Å²) in [6.07, 6.45) is 3.88. The van der Waals surface area contributed by atoms with Crippen molar-refractivity contribution in [2.75, 3.05) is 20.1 Å². The number of rotatable bonds is 5. The third-order valence-corrected chi connectivity index (χ3v) is 3.64. The fraction of sp³-hybridized carbons (Fsp3) is 0.600. The molecule has 1 aliphatic carbocycles. The van der Waals surface area contributed by atoms with E-state index in [0.717, 1.165) is 19.6 Å². The smallest absolute Gasteiger partial charge is 0.0230 e. The average molecular weight is 232 g/mol. The Morgan fingerprint density at radius 1 is 1.29 bits per heavy atom. The molecule has 0 saturated carbocycles. The highest BCUT2D eigenvalue weighted by atomic mass is 15.1. The summed E-state index contributed by atoms with van der Waals surface area (Å²) in [7, 11) is 2.18. The van der Waals surface area contributed by atoms with E-state index in [9.17, 15) is 0 Å². The van der Waals surface area contributed by atoms with Gasteiger partial charge in [0.25, 0.3) is 0 Å². The maximum Gasteiger partial charge on any atom is 0.0230 e. The molecule has 2 rings (SSSR count). The van der Waals surface area contributed by atoms with Gasteiger partial charge >= 0.3 is 0 Å². The summed E-state index contributed by atoms with van der Waals surface area (Å²) in [6, 6.07) is 7.00. The number of nitrogens with two attached hydrogens (primary N) is 1. The predicted molar refractivity (Wildman–Crippen MR) is 73.0 cm³/mol. The quantitative estimate of drug-likeness (QED) is 0.843. The van der Waals surface area contributed by atoms with Crippen LogP contribution in [-0.2, 0) is 19.4 Å². The van der Waals surface area contributed by atoms with Gasteiger partial charge in [-0.25, -0.2) is 0 Å². The Hall–Kier alpha value is -0.860. The summed E-state index contributed by atoms with van der Waals surface area (Å²) in [6.45, 7) is 5.10. The summed E-state index contributed by atoms with van der Waals surface area (Å²) >= 11 is 0. The van der Waals surface area contributed by atoms with Gasteiger partial charge in [0.15, 0.2) is 0 Å². The lowest BCUT2D eigenvalue weighted by atomic mass is 10.1. The molecule has 94 valence electrons. The van der Waals surface area contributed by atoms with Crippen LogP contribution < -0.4 is 5.73 Å². The van der Waals surface area contributed by atoms with Gasteiger partial charge in [0.1, 0.15) is 0 Å². The summed E-state index contributed by atoms with van der Waals surface area (Å²) in [4.78, 5) is 2.37. The van der Waals surface area contributed by atoms with Crippen LogP contribution >= 0.6 is 0 Å². The Balaban J connectivity index is 1.94. The summed E-state index contributed by atoms with van der Waals surface area (Å²) in [5.74, 6) is 0.578. The monoisotopic (exact) mass is 232 g/mol. The standard InChI is InChI=1S/C15H24N2/c1-12(9-16)10-17(2)11-13-6-7-14-4-3-5-15(14)8-13/h6-8,12H,3-5,9-11,16H2,1-2H3. The Morgan fingerprint density at radius 3 is 2.82 bits per heavy atom. The lowest BCUT2D eigenvalue weighted by Crippen LogP contribution is -2.28. The van der Waals surface area contributed by atoms with E-state index in [-0.39, 0.29) is 0 Å². The van der Waals surface area contributed by atoms with Gasteiger partial charge in [-0.2, -0.15) is 0 Å². The van der Waals surface area contributed by atoms with Crippen LogP contribution in [0.25, 0.3) is 0 Å². The molecule has 0 bridgehead atoms. The average Bonchev–Trinajstić information content (AvgIpc) is 2.75. The third kappa shape index (κ3) is 3.30. The van der Waals surface area contributed by atoms with Crippen molar-refractivity contribution < 1.29 is 0 Å². The first-order chi connectivity index (χ1) is 8.19. The first kappa shape index (κ1) is 12.6. The number of benzene rings is 1. The highest BCUT2D eigenvalue weighted by Gasteiger charge is 2.12. The Kier molecular flexibility index (Phi) is 4.19. The topological polar surface area (TPSA) is 29.3 Å². The van der Waals surface area contributed by atoms with Crippen molar-refractivity contribution in [3.63, 3.8) is 0 Å². The molecular weight excluding hydrogens is 208 g/mol. The largest absolute Gasteiger partial charge is 0.330 e. The van der Waals surface area contributed by atoms with Gasteiger partial charge in [-0.05, 0) is 55.5 Å². The molecule has 2 N–H and O–H groups in total. The lowest BCUT2D eigenvalue weighted by Gasteiger charge is -2.20. The molecule has 0 aliphatic heterocycles. The van der Waals surface area contributed by atoms with Crippen LogP contribution in [0.5, 0.6) is 0 Å². The van der Waals surface area contributed by atoms with Crippen molar-refractivity contribution >= 4 is 0 Å². The Morgan fingerprint density at radius 2 is 2.06 bits per heavy atom. The normalized spacial score (nSPS) is 16.2. The highest BCUT2D eigenvalue weighted by Crippen LogP contribution is 2.23. The van der Waals surface area contributed by atoms with E-state index in [1.165, 1.54) is 24.8 Å². The van der Waals surface area contributed by atoms with Gasteiger partial charge in [-0.3, -0.25) is 0 Å². The van der Waals surface area contributed by atoms with Crippen molar-refractivity contribution in [3.8, 4) is 0 Å². The van der Waals surface area contributed by atoms with E-state index in [0.29, 0.717) is 5.92 Å². The molecule has 2 nitrogen and oxygen atoms in total. The minimum atomic E-state index is 0.578. The van der Waals surface area contributed by atoms with Crippen molar-refractivity contribution in [3.05, 3.63) is 34.9 Å². The molecule has 1 atom stereocenters. The molecule has 1 aromatic rings. The summed E-state index contributed by atoms with van der Waals surface area (Å²) < 4.78 is 0. The molecule has 0 radical (unpaired) electrons. The maximum absolute atomic E-state index is 5.66. The van der Waals surface area contributed by atoms with E-state index in [4.69, 9.17) is 5.73 Å². The van der Waals surface area contributed by atoms with Gasteiger partial charge in [0.05, 0.1) is 0 Å². The minimum Gasteiger partial charge on any atom is -0.330 e. The molecule has 0 heterocycles. The summed E-state index contributed by atoms with van der Waals surface area (Å²) in [5, 5.41) is 0. The molecular formula is C15H24N2. The van der Waals surface area contributed by atoms with Crippen molar-refractivity contribution in [2.45, 2.75) is 32.7 Å².